The molecule has 0 aromatic heterocycles. The van der Waals surface area contributed by atoms with Gasteiger partial charge in [-0.05, 0) is 30.9 Å². The summed E-state index contributed by atoms with van der Waals surface area (Å²) < 4.78 is 5.25. The molecule has 92 valence electrons. The van der Waals surface area contributed by atoms with Gasteiger partial charge in [0, 0.05) is 12.5 Å². The fraction of sp³-hybridized carbons (Fsp3) is 0.500. The van der Waals surface area contributed by atoms with Gasteiger partial charge in [-0.25, -0.2) is 0 Å². The third kappa shape index (κ3) is 2.50. The molecule has 3 nitrogen and oxygen atoms in total. The summed E-state index contributed by atoms with van der Waals surface area (Å²) in [5.74, 6) is -0.711. The number of aliphatic carboxylic acids is 1. The molecular formula is C14H18O3. The second-order valence-electron chi connectivity index (χ2n) is 4.85. The Kier molecular flexibility index (Phi) is 3.20. The molecule has 0 bridgehead atoms. The average molecular weight is 234 g/mol. The lowest BCUT2D eigenvalue weighted by atomic mass is 9.91. The summed E-state index contributed by atoms with van der Waals surface area (Å²) in [6.07, 6.45) is 2.29. The largest absolute Gasteiger partial charge is 0.481 e. The third-order valence-electron chi connectivity index (χ3n) is 3.69. The minimum Gasteiger partial charge on any atom is -0.481 e. The van der Waals surface area contributed by atoms with Crippen molar-refractivity contribution in [3.05, 3.63) is 35.4 Å². The predicted molar refractivity (Wildman–Crippen MR) is 65.0 cm³/mol. The highest BCUT2D eigenvalue weighted by molar-refractivity contribution is 5.70. The van der Waals surface area contributed by atoms with Crippen molar-refractivity contribution in [2.75, 3.05) is 7.11 Å². The molecule has 1 atom stereocenters. The van der Waals surface area contributed by atoms with Gasteiger partial charge < -0.3 is 9.84 Å². The Balaban J connectivity index is 2.15. The van der Waals surface area contributed by atoms with Crippen LogP contribution in [0, 0.1) is 0 Å². The molecule has 0 aliphatic heterocycles. The van der Waals surface area contributed by atoms with E-state index in [0.29, 0.717) is 0 Å². The zero-order valence-corrected chi connectivity index (χ0v) is 10.3. The molecule has 3 heteroatoms. The minimum absolute atomic E-state index is 0.0821. The van der Waals surface area contributed by atoms with Gasteiger partial charge in [-0.2, -0.15) is 0 Å². The molecule has 1 N–H and O–H groups in total. The molecule has 0 spiro atoms. The first kappa shape index (κ1) is 12.1. The van der Waals surface area contributed by atoms with Gasteiger partial charge in [0.25, 0.3) is 0 Å². The van der Waals surface area contributed by atoms with Crippen molar-refractivity contribution in [2.45, 2.75) is 37.7 Å². The van der Waals surface area contributed by atoms with Crippen molar-refractivity contribution < 1.29 is 14.6 Å². The van der Waals surface area contributed by atoms with Crippen molar-refractivity contribution in [3.8, 4) is 0 Å². The summed E-state index contributed by atoms with van der Waals surface area (Å²) in [7, 11) is 1.69. The number of carboxylic acids is 1. The molecule has 1 aliphatic carbocycles. The number of carboxylic acid groups (broad SMARTS) is 1. The van der Waals surface area contributed by atoms with E-state index in [2.05, 4.69) is 0 Å². The van der Waals surface area contributed by atoms with Crippen LogP contribution in [0.5, 0.6) is 0 Å². The first-order valence-corrected chi connectivity index (χ1v) is 5.92. The lowest BCUT2D eigenvalue weighted by Crippen LogP contribution is -2.13. The van der Waals surface area contributed by atoms with Crippen LogP contribution in [0.1, 0.15) is 43.4 Å². The maximum absolute atomic E-state index is 10.8. The molecule has 17 heavy (non-hydrogen) atoms. The number of benzene rings is 1. The smallest absolute Gasteiger partial charge is 0.304 e. The lowest BCUT2D eigenvalue weighted by Gasteiger charge is -2.15. The molecule has 0 saturated heterocycles. The van der Waals surface area contributed by atoms with Crippen LogP contribution in [0.25, 0.3) is 0 Å². The van der Waals surface area contributed by atoms with E-state index in [1.165, 1.54) is 0 Å². The van der Waals surface area contributed by atoms with E-state index in [1.54, 1.807) is 7.11 Å². The Labute approximate surface area is 101 Å². The number of ether oxygens (including phenoxy) is 1. The average Bonchev–Trinajstić information content (AvgIpc) is 3.08. The van der Waals surface area contributed by atoms with Gasteiger partial charge in [-0.15, -0.1) is 0 Å². The van der Waals surface area contributed by atoms with Crippen LogP contribution >= 0.6 is 0 Å². The van der Waals surface area contributed by atoms with Gasteiger partial charge in [0.15, 0.2) is 0 Å². The number of carbonyl (C=O) groups is 1. The number of rotatable bonds is 5. The topological polar surface area (TPSA) is 46.5 Å². The maximum atomic E-state index is 10.8. The van der Waals surface area contributed by atoms with Crippen LogP contribution in [0.2, 0.25) is 0 Å². The van der Waals surface area contributed by atoms with E-state index in [0.717, 1.165) is 24.0 Å². The zero-order chi connectivity index (χ0) is 12.5. The van der Waals surface area contributed by atoms with Crippen molar-refractivity contribution >= 4 is 5.97 Å². The predicted octanol–water partition coefficient (Wildman–Crippen LogP) is 2.90. The van der Waals surface area contributed by atoms with Gasteiger partial charge >= 0.3 is 5.97 Å². The summed E-state index contributed by atoms with van der Waals surface area (Å²) in [5.41, 5.74) is 2.18. The molecule has 1 aromatic carbocycles. The monoisotopic (exact) mass is 234 g/mol. The zero-order valence-electron chi connectivity index (χ0n) is 10.3. The summed E-state index contributed by atoms with van der Waals surface area (Å²) in [6.45, 7) is 2.00. The van der Waals surface area contributed by atoms with Crippen molar-refractivity contribution in [3.63, 3.8) is 0 Å². The van der Waals surface area contributed by atoms with E-state index in [1.807, 2.05) is 31.2 Å². The van der Waals surface area contributed by atoms with Gasteiger partial charge in [-0.3, -0.25) is 4.79 Å². The van der Waals surface area contributed by atoms with Crippen LogP contribution in [-0.2, 0) is 14.9 Å². The molecule has 1 aliphatic rings. The van der Waals surface area contributed by atoms with Crippen molar-refractivity contribution in [2.24, 2.45) is 0 Å². The van der Waals surface area contributed by atoms with Crippen LogP contribution < -0.4 is 0 Å². The van der Waals surface area contributed by atoms with E-state index in [-0.39, 0.29) is 17.9 Å². The molecule has 0 heterocycles. The molecule has 2 rings (SSSR count). The summed E-state index contributed by atoms with van der Waals surface area (Å²) in [5, 5.41) is 8.91. The van der Waals surface area contributed by atoms with Gasteiger partial charge in [0.2, 0.25) is 0 Å². The van der Waals surface area contributed by atoms with Crippen LogP contribution in [0.3, 0.4) is 0 Å². The third-order valence-corrected chi connectivity index (χ3v) is 3.69. The number of hydrogen-bond donors (Lipinski definition) is 1. The SMILES string of the molecule is COC(C)c1ccc(C2(CC(=O)O)CC2)cc1. The lowest BCUT2D eigenvalue weighted by molar-refractivity contribution is -0.137. The summed E-state index contributed by atoms with van der Waals surface area (Å²) >= 11 is 0. The second-order valence-corrected chi connectivity index (χ2v) is 4.85. The Bertz CT molecular complexity index is 404. The first-order chi connectivity index (χ1) is 8.07. The van der Waals surface area contributed by atoms with Crippen molar-refractivity contribution in [1.29, 1.82) is 0 Å². The van der Waals surface area contributed by atoms with E-state index in [9.17, 15) is 4.79 Å². The molecule has 1 unspecified atom stereocenters. The highest BCUT2D eigenvalue weighted by Crippen LogP contribution is 2.51. The Morgan fingerprint density at radius 3 is 2.41 bits per heavy atom. The first-order valence-electron chi connectivity index (χ1n) is 5.92. The molecule has 1 saturated carbocycles. The number of hydrogen-bond acceptors (Lipinski definition) is 2. The van der Waals surface area contributed by atoms with E-state index in [4.69, 9.17) is 9.84 Å². The highest BCUT2D eigenvalue weighted by Gasteiger charge is 2.45. The van der Waals surface area contributed by atoms with Gasteiger partial charge in [-0.1, -0.05) is 24.3 Å². The summed E-state index contributed by atoms with van der Waals surface area (Å²) in [6, 6.07) is 8.15. The number of methoxy groups -OCH3 is 1. The quantitative estimate of drug-likeness (QED) is 0.852. The molecule has 1 fully saturated rings. The van der Waals surface area contributed by atoms with Crippen molar-refractivity contribution in [1.82, 2.24) is 0 Å². The Morgan fingerprint density at radius 1 is 1.41 bits per heavy atom. The molecule has 0 radical (unpaired) electrons. The summed E-state index contributed by atoms with van der Waals surface area (Å²) in [4.78, 5) is 10.8. The fourth-order valence-corrected chi connectivity index (χ4v) is 2.25. The van der Waals surface area contributed by atoms with Crippen LogP contribution in [-0.4, -0.2) is 18.2 Å². The van der Waals surface area contributed by atoms with Gasteiger partial charge in [0.05, 0.1) is 12.5 Å². The maximum Gasteiger partial charge on any atom is 0.304 e. The molecule has 0 amide bonds. The standard InChI is InChI=1S/C14H18O3/c1-10(17-2)11-3-5-12(6-4-11)14(7-8-14)9-13(15)16/h3-6,10H,7-9H2,1-2H3,(H,15,16). The highest BCUT2D eigenvalue weighted by atomic mass is 16.5. The Hall–Kier alpha value is -1.35. The van der Waals surface area contributed by atoms with E-state index < -0.39 is 5.97 Å². The van der Waals surface area contributed by atoms with Crippen LogP contribution in [0.4, 0.5) is 0 Å². The van der Waals surface area contributed by atoms with E-state index >= 15 is 0 Å². The fourth-order valence-electron chi connectivity index (χ4n) is 2.25. The Morgan fingerprint density at radius 2 is 2.00 bits per heavy atom. The second kappa shape index (κ2) is 4.49. The normalized spacial score (nSPS) is 18.7. The molecular weight excluding hydrogens is 216 g/mol. The van der Waals surface area contributed by atoms with Gasteiger partial charge in [0.1, 0.15) is 0 Å². The minimum atomic E-state index is -0.711. The van der Waals surface area contributed by atoms with Crippen LogP contribution in [0.15, 0.2) is 24.3 Å². The molecule has 1 aromatic rings.